The molecule has 0 aromatic heterocycles. The minimum absolute atomic E-state index is 0.0532. The van der Waals surface area contributed by atoms with Gasteiger partial charge in [-0.05, 0) is 30.6 Å². The third kappa shape index (κ3) is 2.82. The highest BCUT2D eigenvalue weighted by Gasteiger charge is 2.27. The molecule has 1 aliphatic carbocycles. The number of hydrogen-bond acceptors (Lipinski definition) is 1. The molecule has 1 aliphatic rings. The second kappa shape index (κ2) is 3.14. The molecule has 1 N–H and O–H groups in total. The summed E-state index contributed by atoms with van der Waals surface area (Å²) in [7, 11) is 0. The molecule has 1 heteroatoms. The average molecular weight is 156 g/mol. The predicted octanol–water partition coefficient (Wildman–Crippen LogP) is 2.58. The summed E-state index contributed by atoms with van der Waals surface area (Å²) in [5, 5.41) is 9.60. The Bertz CT molecular complexity index is 129. The van der Waals surface area contributed by atoms with Crippen molar-refractivity contribution in [1.82, 2.24) is 0 Å². The maximum Gasteiger partial charge on any atom is 0.0547 e. The van der Waals surface area contributed by atoms with E-state index < -0.39 is 0 Å². The molecule has 0 amide bonds. The molecule has 0 aromatic carbocycles. The topological polar surface area (TPSA) is 20.2 Å². The van der Waals surface area contributed by atoms with E-state index in [4.69, 9.17) is 0 Å². The molecule has 0 spiro atoms. The van der Waals surface area contributed by atoms with Crippen molar-refractivity contribution >= 4 is 0 Å². The van der Waals surface area contributed by atoms with Crippen LogP contribution in [0.3, 0.4) is 0 Å². The van der Waals surface area contributed by atoms with Crippen molar-refractivity contribution in [2.45, 2.75) is 52.6 Å². The molecule has 0 radical (unpaired) electrons. The van der Waals surface area contributed by atoms with Crippen LogP contribution in [0.25, 0.3) is 0 Å². The standard InChI is InChI=1S/C10H20O/c1-8-4-5-10(2,3)7-9(11)6-8/h8-9,11H,4-7H2,1-3H3. The maximum absolute atomic E-state index is 9.60. The summed E-state index contributed by atoms with van der Waals surface area (Å²) >= 11 is 0. The quantitative estimate of drug-likeness (QED) is 0.534. The molecule has 2 atom stereocenters. The Balaban J connectivity index is 2.53. The molecule has 1 saturated carbocycles. The Kier molecular flexibility index (Phi) is 2.58. The first-order valence-corrected chi connectivity index (χ1v) is 4.68. The van der Waals surface area contributed by atoms with E-state index >= 15 is 0 Å². The van der Waals surface area contributed by atoms with Crippen LogP contribution < -0.4 is 0 Å². The van der Waals surface area contributed by atoms with Crippen molar-refractivity contribution < 1.29 is 5.11 Å². The Morgan fingerprint density at radius 2 is 2.00 bits per heavy atom. The van der Waals surface area contributed by atoms with Crippen molar-refractivity contribution in [3.63, 3.8) is 0 Å². The van der Waals surface area contributed by atoms with Gasteiger partial charge in [-0.1, -0.05) is 27.2 Å². The van der Waals surface area contributed by atoms with Gasteiger partial charge in [0.05, 0.1) is 6.10 Å². The average Bonchev–Trinajstić information content (AvgIpc) is 1.90. The van der Waals surface area contributed by atoms with Crippen molar-refractivity contribution in [1.29, 1.82) is 0 Å². The van der Waals surface area contributed by atoms with E-state index in [0.29, 0.717) is 11.3 Å². The van der Waals surface area contributed by atoms with E-state index in [1.54, 1.807) is 0 Å². The van der Waals surface area contributed by atoms with E-state index in [1.165, 1.54) is 12.8 Å². The van der Waals surface area contributed by atoms with Crippen LogP contribution in [-0.2, 0) is 0 Å². The zero-order valence-corrected chi connectivity index (χ0v) is 7.93. The fourth-order valence-corrected chi connectivity index (χ4v) is 2.04. The van der Waals surface area contributed by atoms with Gasteiger partial charge in [0.25, 0.3) is 0 Å². The lowest BCUT2D eigenvalue weighted by Crippen LogP contribution is -2.17. The van der Waals surface area contributed by atoms with E-state index in [-0.39, 0.29) is 6.10 Å². The first-order valence-electron chi connectivity index (χ1n) is 4.68. The van der Waals surface area contributed by atoms with Crippen molar-refractivity contribution in [3.8, 4) is 0 Å². The third-order valence-electron chi connectivity index (χ3n) is 2.78. The van der Waals surface area contributed by atoms with Crippen molar-refractivity contribution in [3.05, 3.63) is 0 Å². The Morgan fingerprint density at radius 3 is 2.64 bits per heavy atom. The fourth-order valence-electron chi connectivity index (χ4n) is 2.04. The van der Waals surface area contributed by atoms with E-state index in [0.717, 1.165) is 12.8 Å². The molecule has 0 saturated heterocycles. The van der Waals surface area contributed by atoms with Crippen LogP contribution in [0.5, 0.6) is 0 Å². The van der Waals surface area contributed by atoms with Crippen LogP contribution in [-0.4, -0.2) is 11.2 Å². The number of hydrogen-bond donors (Lipinski definition) is 1. The zero-order chi connectivity index (χ0) is 8.48. The normalized spacial score (nSPS) is 38.2. The molecule has 0 aliphatic heterocycles. The molecule has 2 unspecified atom stereocenters. The summed E-state index contributed by atoms with van der Waals surface area (Å²) in [5.74, 6) is 0.715. The van der Waals surface area contributed by atoms with Gasteiger partial charge in [-0.2, -0.15) is 0 Å². The monoisotopic (exact) mass is 156 g/mol. The highest BCUT2D eigenvalue weighted by Crippen LogP contribution is 2.35. The van der Waals surface area contributed by atoms with Crippen molar-refractivity contribution in [2.75, 3.05) is 0 Å². The summed E-state index contributed by atoms with van der Waals surface area (Å²) in [4.78, 5) is 0. The van der Waals surface area contributed by atoms with E-state index in [1.807, 2.05) is 0 Å². The lowest BCUT2D eigenvalue weighted by Gasteiger charge is -2.23. The third-order valence-corrected chi connectivity index (χ3v) is 2.78. The van der Waals surface area contributed by atoms with Gasteiger partial charge in [0.2, 0.25) is 0 Å². The van der Waals surface area contributed by atoms with Crippen LogP contribution >= 0.6 is 0 Å². The summed E-state index contributed by atoms with van der Waals surface area (Å²) < 4.78 is 0. The molecule has 0 heterocycles. The minimum atomic E-state index is -0.0532. The molecule has 1 fully saturated rings. The second-order valence-corrected chi connectivity index (χ2v) is 4.90. The first-order chi connectivity index (χ1) is 4.99. The minimum Gasteiger partial charge on any atom is -0.393 e. The van der Waals surface area contributed by atoms with Crippen LogP contribution in [0.4, 0.5) is 0 Å². The number of aliphatic hydroxyl groups is 1. The number of aliphatic hydroxyl groups excluding tert-OH is 1. The summed E-state index contributed by atoms with van der Waals surface area (Å²) in [6.07, 6.45) is 4.48. The van der Waals surface area contributed by atoms with Crippen LogP contribution in [0.15, 0.2) is 0 Å². The van der Waals surface area contributed by atoms with Gasteiger partial charge in [0.1, 0.15) is 0 Å². The Hall–Kier alpha value is -0.0400. The number of rotatable bonds is 0. The Morgan fingerprint density at radius 1 is 1.36 bits per heavy atom. The fraction of sp³-hybridized carbons (Fsp3) is 1.00. The first kappa shape index (κ1) is 9.05. The highest BCUT2D eigenvalue weighted by atomic mass is 16.3. The molecule has 1 rings (SSSR count). The van der Waals surface area contributed by atoms with Gasteiger partial charge >= 0.3 is 0 Å². The second-order valence-electron chi connectivity index (χ2n) is 4.90. The predicted molar refractivity (Wildman–Crippen MR) is 47.4 cm³/mol. The molecular formula is C10H20O. The maximum atomic E-state index is 9.60. The van der Waals surface area contributed by atoms with Crippen LogP contribution in [0, 0.1) is 11.3 Å². The van der Waals surface area contributed by atoms with E-state index in [2.05, 4.69) is 20.8 Å². The van der Waals surface area contributed by atoms with E-state index in [9.17, 15) is 5.11 Å². The summed E-state index contributed by atoms with van der Waals surface area (Å²) in [6.45, 7) is 6.76. The van der Waals surface area contributed by atoms with Gasteiger partial charge in [0.15, 0.2) is 0 Å². The molecular weight excluding hydrogens is 136 g/mol. The van der Waals surface area contributed by atoms with Gasteiger partial charge in [-0.25, -0.2) is 0 Å². The molecule has 0 bridgehead atoms. The molecule has 0 aromatic rings. The SMILES string of the molecule is CC1CCC(C)(C)CC(O)C1. The Labute approximate surface area is 69.8 Å². The highest BCUT2D eigenvalue weighted by molar-refractivity contribution is 4.79. The lowest BCUT2D eigenvalue weighted by molar-refractivity contribution is 0.111. The summed E-state index contributed by atoms with van der Waals surface area (Å²) in [6, 6.07) is 0. The van der Waals surface area contributed by atoms with Gasteiger partial charge < -0.3 is 5.11 Å². The molecule has 66 valence electrons. The smallest absolute Gasteiger partial charge is 0.0547 e. The van der Waals surface area contributed by atoms with Gasteiger partial charge in [0, 0.05) is 0 Å². The lowest BCUT2D eigenvalue weighted by atomic mass is 9.84. The van der Waals surface area contributed by atoms with Crippen LogP contribution in [0.1, 0.15) is 46.5 Å². The zero-order valence-electron chi connectivity index (χ0n) is 7.93. The van der Waals surface area contributed by atoms with Gasteiger partial charge in [-0.15, -0.1) is 0 Å². The van der Waals surface area contributed by atoms with Crippen molar-refractivity contribution in [2.24, 2.45) is 11.3 Å². The largest absolute Gasteiger partial charge is 0.393 e. The molecule has 1 nitrogen and oxygen atoms in total. The molecule has 11 heavy (non-hydrogen) atoms. The van der Waals surface area contributed by atoms with Gasteiger partial charge in [-0.3, -0.25) is 0 Å². The summed E-state index contributed by atoms with van der Waals surface area (Å²) in [5.41, 5.74) is 0.365. The van der Waals surface area contributed by atoms with Crippen LogP contribution in [0.2, 0.25) is 0 Å².